The molecule has 0 atom stereocenters. The Kier molecular flexibility index (Phi) is 3.38. The van der Waals surface area contributed by atoms with Gasteiger partial charge in [-0.2, -0.15) is 4.39 Å². The van der Waals surface area contributed by atoms with E-state index in [4.69, 9.17) is 10.2 Å². The lowest BCUT2D eigenvalue weighted by Gasteiger charge is -1.99. The Bertz CT molecular complexity index is 413. The van der Waals surface area contributed by atoms with Gasteiger partial charge >= 0.3 is 5.97 Å². The smallest absolute Gasteiger partial charge is 0.307 e. The van der Waals surface area contributed by atoms with E-state index in [-0.39, 0.29) is 12.0 Å². The molecule has 0 heterocycles. The SMILES string of the molecule is O=C(O)CC=Cc1ccc(O)c(F)c1F. The molecule has 0 aromatic heterocycles. The standard InChI is InChI=1S/C10H8F2O3/c11-9-6(2-1-3-8(14)15)4-5-7(13)10(9)12/h1-2,4-5,13H,3H2,(H,14,15). The first-order valence-corrected chi connectivity index (χ1v) is 4.07. The quantitative estimate of drug-likeness (QED) is 0.810. The van der Waals surface area contributed by atoms with Crippen molar-refractivity contribution in [2.75, 3.05) is 0 Å². The number of carboxylic acids is 1. The van der Waals surface area contributed by atoms with Crippen molar-refractivity contribution in [3.63, 3.8) is 0 Å². The van der Waals surface area contributed by atoms with E-state index < -0.39 is 23.4 Å². The van der Waals surface area contributed by atoms with Gasteiger partial charge < -0.3 is 10.2 Å². The number of rotatable bonds is 3. The summed E-state index contributed by atoms with van der Waals surface area (Å²) in [5.74, 6) is -4.38. The fourth-order valence-corrected chi connectivity index (χ4v) is 0.970. The first kappa shape index (κ1) is 11.2. The van der Waals surface area contributed by atoms with E-state index in [1.165, 1.54) is 6.08 Å². The summed E-state index contributed by atoms with van der Waals surface area (Å²) in [6.07, 6.45) is 2.06. The molecule has 0 amide bonds. The van der Waals surface area contributed by atoms with Gasteiger partial charge in [-0.05, 0) is 12.1 Å². The van der Waals surface area contributed by atoms with E-state index in [9.17, 15) is 13.6 Å². The molecule has 5 heteroatoms. The average Bonchev–Trinajstić information content (AvgIpc) is 2.18. The molecule has 0 saturated carbocycles. The minimum Gasteiger partial charge on any atom is -0.505 e. The van der Waals surface area contributed by atoms with Gasteiger partial charge in [0.1, 0.15) is 0 Å². The molecule has 0 spiro atoms. The lowest BCUT2D eigenvalue weighted by molar-refractivity contribution is -0.135. The highest BCUT2D eigenvalue weighted by Crippen LogP contribution is 2.21. The van der Waals surface area contributed by atoms with Crippen molar-refractivity contribution in [3.8, 4) is 5.75 Å². The first-order chi connectivity index (χ1) is 7.02. The number of aliphatic carboxylic acids is 1. The summed E-state index contributed by atoms with van der Waals surface area (Å²) in [6.45, 7) is 0. The Morgan fingerprint density at radius 1 is 1.33 bits per heavy atom. The molecule has 0 aliphatic heterocycles. The molecule has 0 aliphatic carbocycles. The molecule has 1 aromatic carbocycles. The molecule has 1 rings (SSSR count). The highest BCUT2D eigenvalue weighted by Gasteiger charge is 2.10. The van der Waals surface area contributed by atoms with Crippen molar-refractivity contribution < 1.29 is 23.8 Å². The number of phenols is 1. The topological polar surface area (TPSA) is 57.5 Å². The second-order valence-electron chi connectivity index (χ2n) is 2.80. The average molecular weight is 214 g/mol. The Balaban J connectivity index is 2.92. The second kappa shape index (κ2) is 4.54. The van der Waals surface area contributed by atoms with Crippen LogP contribution in [-0.2, 0) is 4.79 Å². The third-order valence-electron chi connectivity index (χ3n) is 1.68. The van der Waals surface area contributed by atoms with Gasteiger partial charge in [0.05, 0.1) is 6.42 Å². The normalized spacial score (nSPS) is 10.8. The third kappa shape index (κ3) is 2.77. The van der Waals surface area contributed by atoms with E-state index in [1.54, 1.807) is 0 Å². The summed E-state index contributed by atoms with van der Waals surface area (Å²) in [7, 11) is 0. The van der Waals surface area contributed by atoms with E-state index in [0.717, 1.165) is 18.2 Å². The molecule has 0 aliphatic rings. The zero-order chi connectivity index (χ0) is 11.4. The van der Waals surface area contributed by atoms with Crippen molar-refractivity contribution in [3.05, 3.63) is 35.4 Å². The lowest BCUT2D eigenvalue weighted by atomic mass is 10.1. The highest BCUT2D eigenvalue weighted by molar-refractivity contribution is 5.70. The van der Waals surface area contributed by atoms with Gasteiger partial charge in [0.2, 0.25) is 5.82 Å². The largest absolute Gasteiger partial charge is 0.505 e. The van der Waals surface area contributed by atoms with Crippen molar-refractivity contribution in [2.45, 2.75) is 6.42 Å². The maximum Gasteiger partial charge on any atom is 0.307 e. The minimum absolute atomic E-state index is 0.105. The second-order valence-corrected chi connectivity index (χ2v) is 2.80. The predicted octanol–water partition coefficient (Wildman–Crippen LogP) is 2.16. The summed E-state index contributed by atoms with van der Waals surface area (Å²) in [5, 5.41) is 17.1. The molecular weight excluding hydrogens is 206 g/mol. The van der Waals surface area contributed by atoms with Crippen molar-refractivity contribution >= 4 is 12.0 Å². The van der Waals surface area contributed by atoms with Crippen molar-refractivity contribution in [1.29, 1.82) is 0 Å². The number of aromatic hydroxyl groups is 1. The van der Waals surface area contributed by atoms with Crippen LogP contribution >= 0.6 is 0 Å². The molecule has 0 unspecified atom stereocenters. The number of carboxylic acid groups (broad SMARTS) is 1. The molecule has 0 fully saturated rings. The number of benzene rings is 1. The summed E-state index contributed by atoms with van der Waals surface area (Å²) >= 11 is 0. The number of carbonyl (C=O) groups is 1. The zero-order valence-corrected chi connectivity index (χ0v) is 7.58. The lowest BCUT2D eigenvalue weighted by Crippen LogP contribution is -1.91. The molecule has 80 valence electrons. The van der Waals surface area contributed by atoms with E-state index in [1.807, 2.05) is 0 Å². The van der Waals surface area contributed by atoms with Crippen LogP contribution in [0.2, 0.25) is 0 Å². The fraction of sp³-hybridized carbons (Fsp3) is 0.100. The molecule has 3 nitrogen and oxygen atoms in total. The fourth-order valence-electron chi connectivity index (χ4n) is 0.970. The van der Waals surface area contributed by atoms with Gasteiger partial charge in [-0.1, -0.05) is 12.2 Å². The first-order valence-electron chi connectivity index (χ1n) is 4.07. The van der Waals surface area contributed by atoms with Crippen LogP contribution in [0, 0.1) is 11.6 Å². The maximum absolute atomic E-state index is 13.1. The van der Waals surface area contributed by atoms with Crippen LogP contribution < -0.4 is 0 Å². The Morgan fingerprint density at radius 2 is 2.00 bits per heavy atom. The van der Waals surface area contributed by atoms with Gasteiger partial charge in [-0.25, -0.2) is 4.39 Å². The summed E-state index contributed by atoms with van der Waals surface area (Å²) in [6, 6.07) is 2.16. The molecule has 0 bridgehead atoms. The van der Waals surface area contributed by atoms with Crippen LogP contribution in [0.4, 0.5) is 8.78 Å². The monoisotopic (exact) mass is 214 g/mol. The van der Waals surface area contributed by atoms with Gasteiger partial charge in [0, 0.05) is 5.56 Å². The molecule has 0 saturated heterocycles. The maximum atomic E-state index is 13.1. The Labute approximate surface area is 84.3 Å². The third-order valence-corrected chi connectivity index (χ3v) is 1.68. The molecule has 2 N–H and O–H groups in total. The van der Waals surface area contributed by atoms with Gasteiger partial charge in [-0.15, -0.1) is 0 Å². The van der Waals surface area contributed by atoms with E-state index >= 15 is 0 Å². The highest BCUT2D eigenvalue weighted by atomic mass is 19.2. The van der Waals surface area contributed by atoms with E-state index in [0.29, 0.717) is 0 Å². The molecular formula is C10H8F2O3. The van der Waals surface area contributed by atoms with Crippen LogP contribution in [0.25, 0.3) is 6.08 Å². The summed E-state index contributed by atoms with van der Waals surface area (Å²) < 4.78 is 25.9. The van der Waals surface area contributed by atoms with Gasteiger partial charge in [0.15, 0.2) is 11.6 Å². The predicted molar refractivity (Wildman–Crippen MR) is 49.3 cm³/mol. The van der Waals surface area contributed by atoms with Crippen LogP contribution in [0.15, 0.2) is 18.2 Å². The number of hydrogen-bond acceptors (Lipinski definition) is 2. The Hall–Kier alpha value is -1.91. The van der Waals surface area contributed by atoms with Crippen LogP contribution in [0.5, 0.6) is 5.75 Å². The van der Waals surface area contributed by atoms with Crippen molar-refractivity contribution in [1.82, 2.24) is 0 Å². The van der Waals surface area contributed by atoms with E-state index in [2.05, 4.69) is 0 Å². The van der Waals surface area contributed by atoms with Crippen molar-refractivity contribution in [2.24, 2.45) is 0 Å². The molecule has 15 heavy (non-hydrogen) atoms. The zero-order valence-electron chi connectivity index (χ0n) is 7.58. The van der Waals surface area contributed by atoms with Gasteiger partial charge in [0.25, 0.3) is 0 Å². The molecule has 0 radical (unpaired) electrons. The minimum atomic E-state index is -1.34. The number of hydrogen-bond donors (Lipinski definition) is 2. The van der Waals surface area contributed by atoms with Gasteiger partial charge in [-0.3, -0.25) is 4.79 Å². The summed E-state index contributed by atoms with van der Waals surface area (Å²) in [4.78, 5) is 10.1. The van der Waals surface area contributed by atoms with Crippen LogP contribution in [-0.4, -0.2) is 16.2 Å². The summed E-state index contributed by atoms with van der Waals surface area (Å²) in [5.41, 5.74) is -0.105. The molecule has 1 aromatic rings. The number of phenolic OH excluding ortho intramolecular Hbond substituents is 1. The number of halogens is 2. The van der Waals surface area contributed by atoms with Crippen LogP contribution in [0.1, 0.15) is 12.0 Å². The Morgan fingerprint density at radius 3 is 2.60 bits per heavy atom. The van der Waals surface area contributed by atoms with Crippen LogP contribution in [0.3, 0.4) is 0 Å².